The monoisotopic (exact) mass is 362 g/mol. The summed E-state index contributed by atoms with van der Waals surface area (Å²) < 4.78 is 0. The first-order valence-electron chi connectivity index (χ1n) is 9.43. The Bertz CT molecular complexity index is 1020. The van der Waals surface area contributed by atoms with Gasteiger partial charge in [0.25, 0.3) is 0 Å². The molecular weight excluding hydrogens is 340 g/mol. The Morgan fingerprint density at radius 1 is 1.11 bits per heavy atom. The highest BCUT2D eigenvalue weighted by Gasteiger charge is 2.38. The average molecular weight is 362 g/mol. The van der Waals surface area contributed by atoms with Gasteiger partial charge in [-0.05, 0) is 62.3 Å². The van der Waals surface area contributed by atoms with E-state index in [1.807, 2.05) is 25.1 Å². The number of pyridine rings is 1. The molecule has 0 radical (unpaired) electrons. The summed E-state index contributed by atoms with van der Waals surface area (Å²) in [6.45, 7) is 1.84. The van der Waals surface area contributed by atoms with Gasteiger partial charge in [0.05, 0.1) is 5.60 Å². The van der Waals surface area contributed by atoms with Crippen LogP contribution in [0.4, 0.5) is 5.82 Å². The zero-order chi connectivity index (χ0) is 18.6. The zero-order valence-electron chi connectivity index (χ0n) is 15.2. The average Bonchev–Trinajstić information content (AvgIpc) is 3.46. The van der Waals surface area contributed by atoms with E-state index in [2.05, 4.69) is 26.6 Å². The van der Waals surface area contributed by atoms with Crippen molar-refractivity contribution < 1.29 is 10.2 Å². The smallest absolute Gasteiger partial charge is 0.158 e. The van der Waals surface area contributed by atoms with Crippen LogP contribution in [0.25, 0.3) is 22.0 Å². The number of aliphatic hydroxyl groups is 1. The largest absolute Gasteiger partial charge is 0.507 e. The number of hydrogen-bond donors (Lipinski definition) is 3. The highest BCUT2D eigenvalue weighted by atomic mass is 16.3. The Balaban J connectivity index is 1.53. The number of aromatic nitrogens is 3. The fourth-order valence-electron chi connectivity index (χ4n) is 4.02. The normalized spacial score (nSPS) is 24.6. The van der Waals surface area contributed by atoms with E-state index in [1.165, 1.54) is 18.4 Å². The van der Waals surface area contributed by atoms with E-state index >= 15 is 0 Å². The van der Waals surface area contributed by atoms with Crippen molar-refractivity contribution in [2.24, 2.45) is 0 Å². The molecule has 2 aliphatic rings. The van der Waals surface area contributed by atoms with Crippen molar-refractivity contribution in [3.05, 3.63) is 42.2 Å². The van der Waals surface area contributed by atoms with E-state index in [0.717, 1.165) is 10.8 Å². The predicted molar refractivity (Wildman–Crippen MR) is 104 cm³/mol. The highest BCUT2D eigenvalue weighted by molar-refractivity contribution is 6.00. The van der Waals surface area contributed by atoms with Gasteiger partial charge in [-0.2, -0.15) is 0 Å². The number of nitrogens with one attached hydrogen (secondary N) is 1. The van der Waals surface area contributed by atoms with Crippen LogP contribution in [-0.4, -0.2) is 37.0 Å². The van der Waals surface area contributed by atoms with E-state index in [9.17, 15) is 10.2 Å². The summed E-state index contributed by atoms with van der Waals surface area (Å²) in [6, 6.07) is 7.93. The fourth-order valence-corrected chi connectivity index (χ4v) is 4.02. The van der Waals surface area contributed by atoms with Gasteiger partial charge in [-0.15, -0.1) is 10.2 Å². The van der Waals surface area contributed by atoms with Crippen LogP contribution in [0.15, 0.2) is 36.7 Å². The predicted octanol–water partition coefficient (Wildman–Crippen LogP) is 3.60. The van der Waals surface area contributed by atoms with Crippen LogP contribution in [0, 0.1) is 0 Å². The molecule has 2 fully saturated rings. The third kappa shape index (κ3) is 3.00. The van der Waals surface area contributed by atoms with Gasteiger partial charge in [0.15, 0.2) is 5.82 Å². The number of anilines is 1. The first kappa shape index (κ1) is 16.4. The summed E-state index contributed by atoms with van der Waals surface area (Å²) in [5.41, 5.74) is 1.92. The molecular formula is C21H22N4O2. The number of aromatic hydroxyl groups is 1. The summed E-state index contributed by atoms with van der Waals surface area (Å²) in [5.74, 6) is 1.49. The second-order valence-corrected chi connectivity index (χ2v) is 8.12. The zero-order valence-corrected chi connectivity index (χ0v) is 15.2. The number of phenolic OH excluding ortho intramolecular Hbond substituents is 1. The van der Waals surface area contributed by atoms with Crippen LogP contribution in [0.2, 0.25) is 0 Å². The van der Waals surface area contributed by atoms with Crippen molar-refractivity contribution >= 4 is 16.6 Å². The number of phenols is 1. The lowest BCUT2D eigenvalue weighted by Crippen LogP contribution is -2.48. The summed E-state index contributed by atoms with van der Waals surface area (Å²) in [6.07, 6.45) is 7.25. The molecule has 0 spiro atoms. The summed E-state index contributed by atoms with van der Waals surface area (Å²) in [7, 11) is 0. The molecule has 0 unspecified atom stereocenters. The van der Waals surface area contributed by atoms with Gasteiger partial charge in [-0.25, -0.2) is 0 Å². The van der Waals surface area contributed by atoms with Gasteiger partial charge in [0.1, 0.15) is 11.4 Å². The fraction of sp³-hybridized carbons (Fsp3) is 0.381. The molecule has 0 amide bonds. The first-order valence-corrected chi connectivity index (χ1v) is 9.43. The Hall–Kier alpha value is -2.73. The maximum absolute atomic E-state index is 10.6. The van der Waals surface area contributed by atoms with Gasteiger partial charge in [-0.3, -0.25) is 4.98 Å². The lowest BCUT2D eigenvalue weighted by molar-refractivity contribution is -0.0235. The van der Waals surface area contributed by atoms with Crippen molar-refractivity contribution in [2.75, 3.05) is 5.32 Å². The number of hydrogen-bond acceptors (Lipinski definition) is 6. The summed E-state index contributed by atoms with van der Waals surface area (Å²) in [5, 5.41) is 34.4. The first-order chi connectivity index (χ1) is 13.0. The van der Waals surface area contributed by atoms with Gasteiger partial charge < -0.3 is 15.5 Å². The minimum Gasteiger partial charge on any atom is -0.507 e. The molecule has 0 atom stereocenters. The lowest BCUT2D eigenvalue weighted by atomic mass is 9.77. The summed E-state index contributed by atoms with van der Waals surface area (Å²) >= 11 is 0. The van der Waals surface area contributed by atoms with Crippen molar-refractivity contribution in [1.82, 2.24) is 15.2 Å². The number of nitrogens with zero attached hydrogens (tertiary/aromatic N) is 3. The lowest BCUT2D eigenvalue weighted by Gasteiger charge is -2.41. The minimum atomic E-state index is -0.603. The highest BCUT2D eigenvalue weighted by Crippen LogP contribution is 2.43. The Morgan fingerprint density at radius 3 is 2.63 bits per heavy atom. The van der Waals surface area contributed by atoms with Crippen molar-refractivity contribution in [2.45, 2.75) is 50.2 Å². The molecule has 2 heterocycles. The second-order valence-electron chi connectivity index (χ2n) is 8.12. The van der Waals surface area contributed by atoms with Crippen molar-refractivity contribution in [1.29, 1.82) is 0 Å². The Morgan fingerprint density at radius 2 is 1.93 bits per heavy atom. The second kappa shape index (κ2) is 5.89. The van der Waals surface area contributed by atoms with Gasteiger partial charge in [0.2, 0.25) is 0 Å². The maximum atomic E-state index is 10.6. The minimum absolute atomic E-state index is 0.176. The van der Waals surface area contributed by atoms with Crippen LogP contribution in [0.3, 0.4) is 0 Å². The molecule has 2 aliphatic carbocycles. The third-order valence-corrected chi connectivity index (χ3v) is 5.62. The Kier molecular flexibility index (Phi) is 3.59. The molecule has 2 aromatic heterocycles. The number of fused-ring (bicyclic) bond motifs is 1. The molecule has 3 N–H and O–H groups in total. The van der Waals surface area contributed by atoms with Crippen molar-refractivity contribution in [3.8, 4) is 17.0 Å². The van der Waals surface area contributed by atoms with Crippen LogP contribution in [-0.2, 0) is 0 Å². The molecule has 0 aliphatic heterocycles. The third-order valence-electron chi connectivity index (χ3n) is 5.62. The van der Waals surface area contributed by atoms with E-state index < -0.39 is 5.60 Å². The number of benzene rings is 1. The van der Waals surface area contributed by atoms with E-state index in [1.54, 1.807) is 12.4 Å². The quantitative estimate of drug-likeness (QED) is 0.657. The van der Waals surface area contributed by atoms with Gasteiger partial charge in [0, 0.05) is 34.8 Å². The summed E-state index contributed by atoms with van der Waals surface area (Å²) in [4.78, 5) is 4.24. The maximum Gasteiger partial charge on any atom is 0.158 e. The molecule has 138 valence electrons. The molecule has 1 aromatic carbocycles. The van der Waals surface area contributed by atoms with Crippen molar-refractivity contribution in [3.63, 3.8) is 0 Å². The van der Waals surface area contributed by atoms with Crippen LogP contribution >= 0.6 is 0 Å². The molecule has 6 nitrogen and oxygen atoms in total. The van der Waals surface area contributed by atoms with E-state index in [4.69, 9.17) is 0 Å². The van der Waals surface area contributed by atoms with Crippen LogP contribution in [0.1, 0.15) is 44.1 Å². The SMILES string of the molecule is CC1(O)CC(Nc2nnc(-c3ccc(C4CC4)cc3O)c3ccncc23)C1. The molecule has 6 heteroatoms. The molecule has 2 saturated carbocycles. The topological polar surface area (TPSA) is 91.2 Å². The molecule has 3 aromatic rings. The molecule has 5 rings (SSSR count). The van der Waals surface area contributed by atoms with Gasteiger partial charge >= 0.3 is 0 Å². The Labute approximate surface area is 157 Å². The van der Waals surface area contributed by atoms with E-state index in [-0.39, 0.29) is 11.8 Å². The van der Waals surface area contributed by atoms with E-state index in [0.29, 0.717) is 35.8 Å². The molecule has 27 heavy (non-hydrogen) atoms. The standard InChI is InChI=1S/C21H22N4O2/c1-21(27)9-14(10-21)23-20-17-11-22-7-6-15(17)19(24-25-20)16-5-4-13(8-18(16)26)12-2-3-12/h4-8,11-12,14,26-27H,2-3,9-10H2,1H3,(H,23,25). The number of rotatable bonds is 4. The van der Waals surface area contributed by atoms with Crippen LogP contribution in [0.5, 0.6) is 5.75 Å². The van der Waals surface area contributed by atoms with Crippen LogP contribution < -0.4 is 5.32 Å². The molecule has 0 saturated heterocycles. The van der Waals surface area contributed by atoms with Gasteiger partial charge in [-0.1, -0.05) is 6.07 Å². The molecule has 0 bridgehead atoms.